The van der Waals surface area contributed by atoms with E-state index >= 15 is 0 Å². The van der Waals surface area contributed by atoms with Gasteiger partial charge in [-0.25, -0.2) is 22.6 Å². The molecule has 0 aliphatic rings. The molecule has 0 aliphatic heterocycles. The van der Waals surface area contributed by atoms with Crippen molar-refractivity contribution in [2.45, 2.75) is 32.9 Å². The van der Waals surface area contributed by atoms with Crippen LogP contribution in [0, 0.1) is 17.5 Å². The predicted molar refractivity (Wildman–Crippen MR) is 119 cm³/mol. The van der Waals surface area contributed by atoms with Crippen LogP contribution >= 0.6 is 0 Å². The number of hydrogen-bond acceptors (Lipinski definition) is 6. The molecule has 0 saturated carbocycles. The summed E-state index contributed by atoms with van der Waals surface area (Å²) in [5.74, 6) is -7.50. The molecule has 3 rings (SSSR count). The summed E-state index contributed by atoms with van der Waals surface area (Å²) < 4.78 is 46.2. The Hall–Kier alpha value is -4.22. The van der Waals surface area contributed by atoms with Gasteiger partial charge in [0.2, 0.25) is 5.91 Å². The highest BCUT2D eigenvalue weighted by molar-refractivity contribution is 6.03. The lowest BCUT2D eigenvalue weighted by Gasteiger charge is -2.15. The molecule has 0 aliphatic carbocycles. The van der Waals surface area contributed by atoms with Gasteiger partial charge < -0.3 is 15.4 Å². The summed E-state index contributed by atoms with van der Waals surface area (Å²) >= 11 is 0. The van der Waals surface area contributed by atoms with Crippen LogP contribution in [0.4, 0.5) is 18.9 Å². The number of rotatable bonds is 8. The second kappa shape index (κ2) is 10.8. The van der Waals surface area contributed by atoms with Gasteiger partial charge in [0.05, 0.1) is 17.6 Å². The molecule has 1 atom stereocenters. The molecule has 9 nitrogen and oxygen atoms in total. The van der Waals surface area contributed by atoms with Crippen LogP contribution in [-0.4, -0.2) is 40.2 Å². The average molecular weight is 490 g/mol. The fourth-order valence-electron chi connectivity index (χ4n) is 3.15. The van der Waals surface area contributed by atoms with Gasteiger partial charge in [0.15, 0.2) is 29.2 Å². The van der Waals surface area contributed by atoms with E-state index in [1.807, 2.05) is 12.2 Å². The molecule has 2 aromatic carbocycles. The van der Waals surface area contributed by atoms with E-state index in [4.69, 9.17) is 4.74 Å². The summed E-state index contributed by atoms with van der Waals surface area (Å²) in [6, 6.07) is 7.80. The van der Waals surface area contributed by atoms with Crippen molar-refractivity contribution in [3.05, 3.63) is 69.9 Å². The van der Waals surface area contributed by atoms with Gasteiger partial charge >= 0.3 is 5.97 Å². The first kappa shape index (κ1) is 25.4. The topological polar surface area (TPSA) is 119 Å². The second-order valence-corrected chi connectivity index (χ2v) is 7.46. The second-order valence-electron chi connectivity index (χ2n) is 7.46. The molecule has 1 aromatic heterocycles. The SMILES string of the molecule is CCCn1nc(C(=O)OC(C)C(=O)NCC(=O)Nc2ccc(F)c(F)c2F)c2ccccc2c1=O. The quantitative estimate of drug-likeness (QED) is 0.370. The predicted octanol–water partition coefficient (Wildman–Crippen LogP) is 2.52. The Morgan fingerprint density at radius 2 is 1.74 bits per heavy atom. The molecule has 0 saturated heterocycles. The molecular formula is C23H21F3N4O5. The molecule has 35 heavy (non-hydrogen) atoms. The third-order valence-electron chi connectivity index (χ3n) is 4.88. The van der Waals surface area contributed by atoms with E-state index in [1.165, 1.54) is 13.0 Å². The molecule has 1 unspecified atom stereocenters. The zero-order valence-corrected chi connectivity index (χ0v) is 18.7. The summed E-state index contributed by atoms with van der Waals surface area (Å²) in [6.07, 6.45) is -0.767. The van der Waals surface area contributed by atoms with E-state index in [-0.39, 0.29) is 28.6 Å². The summed E-state index contributed by atoms with van der Waals surface area (Å²) in [6.45, 7) is 2.70. The first-order valence-corrected chi connectivity index (χ1v) is 10.6. The van der Waals surface area contributed by atoms with Crippen LogP contribution in [0.2, 0.25) is 0 Å². The fourth-order valence-corrected chi connectivity index (χ4v) is 3.15. The number of aromatic nitrogens is 2. The molecular weight excluding hydrogens is 469 g/mol. The number of anilines is 1. The van der Waals surface area contributed by atoms with Crippen molar-refractivity contribution in [1.29, 1.82) is 0 Å². The van der Waals surface area contributed by atoms with Gasteiger partial charge in [0, 0.05) is 11.9 Å². The number of aryl methyl sites for hydroxylation is 1. The Morgan fingerprint density at radius 3 is 2.43 bits per heavy atom. The Morgan fingerprint density at radius 1 is 1.06 bits per heavy atom. The standard InChI is InChI=1S/C23H21F3N4O5/c1-3-10-30-22(33)14-7-5-4-6-13(14)20(29-30)23(34)35-12(2)21(32)27-11-17(31)28-16-9-8-15(24)18(25)19(16)26/h4-9,12H,3,10-11H2,1-2H3,(H,27,32)(H,28,31). The van der Waals surface area contributed by atoms with Gasteiger partial charge in [0.1, 0.15) is 0 Å². The van der Waals surface area contributed by atoms with Gasteiger partial charge in [0.25, 0.3) is 11.5 Å². The highest BCUT2D eigenvalue weighted by Crippen LogP contribution is 2.19. The van der Waals surface area contributed by atoms with Crippen molar-refractivity contribution >= 4 is 34.2 Å². The van der Waals surface area contributed by atoms with Gasteiger partial charge in [-0.2, -0.15) is 5.10 Å². The molecule has 3 aromatic rings. The number of carbonyl (C=O) groups is 3. The minimum absolute atomic E-state index is 0.153. The van der Waals surface area contributed by atoms with E-state index in [9.17, 15) is 32.3 Å². The maximum Gasteiger partial charge on any atom is 0.360 e. The average Bonchev–Trinajstić information content (AvgIpc) is 2.84. The van der Waals surface area contributed by atoms with Crippen molar-refractivity contribution in [2.24, 2.45) is 0 Å². The first-order chi connectivity index (χ1) is 16.6. The molecule has 0 radical (unpaired) electrons. The number of benzene rings is 2. The van der Waals surface area contributed by atoms with Crippen LogP contribution in [-0.2, 0) is 20.9 Å². The third-order valence-corrected chi connectivity index (χ3v) is 4.88. The number of amides is 2. The molecule has 0 spiro atoms. The number of nitrogens with zero attached hydrogens (tertiary/aromatic N) is 2. The Balaban J connectivity index is 1.66. The van der Waals surface area contributed by atoms with E-state index in [1.54, 1.807) is 18.2 Å². The lowest BCUT2D eigenvalue weighted by atomic mass is 10.1. The zero-order valence-electron chi connectivity index (χ0n) is 18.7. The summed E-state index contributed by atoms with van der Waals surface area (Å²) in [5, 5.41) is 8.80. The highest BCUT2D eigenvalue weighted by atomic mass is 19.2. The Labute approximate surface area is 196 Å². The van der Waals surface area contributed by atoms with Crippen molar-refractivity contribution in [2.75, 3.05) is 11.9 Å². The Kier molecular flexibility index (Phi) is 7.84. The summed E-state index contributed by atoms with van der Waals surface area (Å²) in [5.41, 5.74) is -1.13. The van der Waals surface area contributed by atoms with Crippen LogP contribution in [0.3, 0.4) is 0 Å². The number of hydrogen-bond donors (Lipinski definition) is 2. The molecule has 12 heteroatoms. The lowest BCUT2D eigenvalue weighted by Crippen LogP contribution is -2.40. The third kappa shape index (κ3) is 5.65. The number of halogens is 3. The van der Waals surface area contributed by atoms with Gasteiger partial charge in [-0.15, -0.1) is 0 Å². The molecule has 2 amide bonds. The first-order valence-electron chi connectivity index (χ1n) is 10.6. The van der Waals surface area contributed by atoms with E-state index < -0.39 is 53.6 Å². The van der Waals surface area contributed by atoms with Crippen LogP contribution in [0.25, 0.3) is 10.8 Å². The van der Waals surface area contributed by atoms with Crippen LogP contribution in [0.1, 0.15) is 30.8 Å². The monoisotopic (exact) mass is 490 g/mol. The van der Waals surface area contributed by atoms with E-state index in [0.29, 0.717) is 12.5 Å². The molecule has 1 heterocycles. The number of carbonyl (C=O) groups excluding carboxylic acids is 3. The van der Waals surface area contributed by atoms with Crippen molar-refractivity contribution in [3.8, 4) is 0 Å². The number of esters is 1. The van der Waals surface area contributed by atoms with Crippen molar-refractivity contribution in [1.82, 2.24) is 15.1 Å². The van der Waals surface area contributed by atoms with Crippen LogP contribution < -0.4 is 16.2 Å². The van der Waals surface area contributed by atoms with Gasteiger partial charge in [-0.1, -0.05) is 25.1 Å². The van der Waals surface area contributed by atoms with Crippen molar-refractivity contribution in [3.63, 3.8) is 0 Å². The summed E-state index contributed by atoms with van der Waals surface area (Å²) in [4.78, 5) is 49.5. The summed E-state index contributed by atoms with van der Waals surface area (Å²) in [7, 11) is 0. The zero-order chi connectivity index (χ0) is 25.7. The number of ether oxygens (including phenoxy) is 1. The molecule has 0 fully saturated rings. The minimum atomic E-state index is -1.75. The lowest BCUT2D eigenvalue weighted by molar-refractivity contribution is -0.130. The van der Waals surface area contributed by atoms with Crippen LogP contribution in [0.15, 0.2) is 41.2 Å². The fraction of sp³-hybridized carbons (Fsp3) is 0.261. The number of fused-ring (bicyclic) bond motifs is 1. The van der Waals surface area contributed by atoms with E-state index in [2.05, 4.69) is 10.4 Å². The van der Waals surface area contributed by atoms with E-state index in [0.717, 1.165) is 10.7 Å². The van der Waals surface area contributed by atoms with Gasteiger partial charge in [-0.05, 0) is 31.5 Å². The van der Waals surface area contributed by atoms with Gasteiger partial charge in [-0.3, -0.25) is 14.4 Å². The smallest absolute Gasteiger partial charge is 0.360 e. The normalized spacial score (nSPS) is 11.7. The molecule has 0 bridgehead atoms. The maximum atomic E-state index is 13.7. The Bertz CT molecular complexity index is 1360. The molecule has 184 valence electrons. The highest BCUT2D eigenvalue weighted by Gasteiger charge is 2.24. The molecule has 2 N–H and O–H groups in total. The number of nitrogens with one attached hydrogen (secondary N) is 2. The maximum absolute atomic E-state index is 13.7. The van der Waals surface area contributed by atoms with Crippen LogP contribution in [0.5, 0.6) is 0 Å². The minimum Gasteiger partial charge on any atom is -0.448 e. The van der Waals surface area contributed by atoms with Crippen molar-refractivity contribution < 1.29 is 32.3 Å². The largest absolute Gasteiger partial charge is 0.448 e.